The minimum atomic E-state index is -0.559. The van der Waals surface area contributed by atoms with Crippen molar-refractivity contribution in [3.8, 4) is 11.5 Å². The monoisotopic (exact) mass is 412 g/mol. The fourth-order valence-electron chi connectivity index (χ4n) is 3.02. The van der Waals surface area contributed by atoms with Crippen molar-refractivity contribution in [2.24, 2.45) is 5.92 Å². The van der Waals surface area contributed by atoms with E-state index in [1.54, 1.807) is 36.3 Å². The first-order valence-corrected chi connectivity index (χ1v) is 10.3. The number of carbonyl (C=O) groups excluding carboxylic acids is 2. The Kier molecular flexibility index (Phi) is 9.19. The number of nitrogens with one attached hydrogen (secondary N) is 1. The molecule has 0 spiro atoms. The Hall–Kier alpha value is -3.02. The van der Waals surface area contributed by atoms with Crippen molar-refractivity contribution < 1.29 is 19.1 Å². The van der Waals surface area contributed by atoms with E-state index < -0.39 is 6.04 Å². The van der Waals surface area contributed by atoms with E-state index >= 15 is 0 Å². The molecule has 162 valence electrons. The predicted molar refractivity (Wildman–Crippen MR) is 117 cm³/mol. The third kappa shape index (κ3) is 7.10. The second-order valence-corrected chi connectivity index (χ2v) is 7.53. The van der Waals surface area contributed by atoms with E-state index in [0.717, 1.165) is 5.56 Å². The Labute approximate surface area is 179 Å². The van der Waals surface area contributed by atoms with Crippen LogP contribution in [0.1, 0.15) is 32.8 Å². The van der Waals surface area contributed by atoms with Crippen LogP contribution in [0.4, 0.5) is 0 Å². The van der Waals surface area contributed by atoms with Crippen molar-refractivity contribution in [1.29, 1.82) is 0 Å². The summed E-state index contributed by atoms with van der Waals surface area (Å²) in [6, 6.07) is 16.2. The standard InChI is InChI=1S/C24H32N2O4/c1-5-22(24(28)25-15-18(2)3)26(16-19-9-7-6-8-10-19)23(27)17-30-21-13-11-20(29-4)12-14-21/h6-14,18,22H,5,15-17H2,1-4H3,(H,25,28)/t22-/m0/s1. The molecule has 0 aromatic heterocycles. The largest absolute Gasteiger partial charge is 0.497 e. The fraction of sp³-hybridized carbons (Fsp3) is 0.417. The number of rotatable bonds is 11. The summed E-state index contributed by atoms with van der Waals surface area (Å²) in [6.45, 7) is 6.76. The topological polar surface area (TPSA) is 67.9 Å². The van der Waals surface area contributed by atoms with Crippen molar-refractivity contribution in [2.75, 3.05) is 20.3 Å². The van der Waals surface area contributed by atoms with Gasteiger partial charge in [0.2, 0.25) is 5.91 Å². The smallest absolute Gasteiger partial charge is 0.261 e. The highest BCUT2D eigenvalue weighted by Crippen LogP contribution is 2.18. The lowest BCUT2D eigenvalue weighted by molar-refractivity contribution is -0.143. The van der Waals surface area contributed by atoms with Crippen LogP contribution in [0.2, 0.25) is 0 Å². The van der Waals surface area contributed by atoms with Crippen LogP contribution in [-0.2, 0) is 16.1 Å². The number of benzene rings is 2. The van der Waals surface area contributed by atoms with Crippen LogP contribution >= 0.6 is 0 Å². The molecule has 6 nitrogen and oxygen atoms in total. The summed E-state index contributed by atoms with van der Waals surface area (Å²) in [5.41, 5.74) is 0.963. The minimum Gasteiger partial charge on any atom is -0.497 e. The Morgan fingerprint density at radius 2 is 1.63 bits per heavy atom. The van der Waals surface area contributed by atoms with E-state index in [0.29, 0.717) is 36.9 Å². The van der Waals surface area contributed by atoms with Crippen molar-refractivity contribution >= 4 is 11.8 Å². The van der Waals surface area contributed by atoms with Gasteiger partial charge in [-0.1, -0.05) is 51.1 Å². The molecule has 2 rings (SSSR count). The molecule has 0 radical (unpaired) electrons. The Balaban J connectivity index is 2.13. The number of ether oxygens (including phenoxy) is 2. The number of amides is 2. The van der Waals surface area contributed by atoms with Gasteiger partial charge in [-0.25, -0.2) is 0 Å². The number of hydrogen-bond donors (Lipinski definition) is 1. The average Bonchev–Trinajstić information content (AvgIpc) is 2.76. The van der Waals surface area contributed by atoms with Crippen LogP contribution in [0.5, 0.6) is 11.5 Å². The summed E-state index contributed by atoms with van der Waals surface area (Å²) in [7, 11) is 1.59. The minimum absolute atomic E-state index is 0.139. The Bertz CT molecular complexity index is 791. The molecule has 30 heavy (non-hydrogen) atoms. The van der Waals surface area contributed by atoms with Gasteiger partial charge >= 0.3 is 0 Å². The van der Waals surface area contributed by atoms with E-state index in [4.69, 9.17) is 9.47 Å². The van der Waals surface area contributed by atoms with Gasteiger partial charge in [-0.3, -0.25) is 9.59 Å². The van der Waals surface area contributed by atoms with Crippen molar-refractivity contribution in [3.05, 3.63) is 60.2 Å². The Morgan fingerprint density at radius 1 is 1.00 bits per heavy atom. The third-order valence-electron chi connectivity index (χ3n) is 4.69. The molecule has 0 aliphatic heterocycles. The molecule has 1 N–H and O–H groups in total. The first-order chi connectivity index (χ1) is 14.4. The van der Waals surface area contributed by atoms with Crippen LogP contribution in [0.15, 0.2) is 54.6 Å². The number of hydrogen-bond acceptors (Lipinski definition) is 4. The molecular formula is C24H32N2O4. The van der Waals surface area contributed by atoms with Gasteiger partial charge in [0, 0.05) is 13.1 Å². The van der Waals surface area contributed by atoms with E-state index in [1.807, 2.05) is 51.1 Å². The summed E-state index contributed by atoms with van der Waals surface area (Å²) < 4.78 is 10.8. The summed E-state index contributed by atoms with van der Waals surface area (Å²) in [5, 5.41) is 2.95. The van der Waals surface area contributed by atoms with E-state index in [9.17, 15) is 9.59 Å². The van der Waals surface area contributed by atoms with Crippen LogP contribution < -0.4 is 14.8 Å². The van der Waals surface area contributed by atoms with Gasteiger partial charge in [0.25, 0.3) is 5.91 Å². The van der Waals surface area contributed by atoms with Gasteiger partial charge in [-0.05, 0) is 42.2 Å². The molecule has 0 bridgehead atoms. The molecular weight excluding hydrogens is 380 g/mol. The van der Waals surface area contributed by atoms with Crippen molar-refractivity contribution in [2.45, 2.75) is 39.8 Å². The molecule has 2 aromatic rings. The average molecular weight is 413 g/mol. The molecule has 0 unspecified atom stereocenters. The second-order valence-electron chi connectivity index (χ2n) is 7.53. The zero-order valence-corrected chi connectivity index (χ0v) is 18.3. The molecule has 2 amide bonds. The summed E-state index contributed by atoms with van der Waals surface area (Å²) >= 11 is 0. The van der Waals surface area contributed by atoms with E-state index in [-0.39, 0.29) is 18.4 Å². The summed E-state index contributed by atoms with van der Waals surface area (Å²) in [6.07, 6.45) is 0.519. The van der Waals surface area contributed by atoms with Crippen LogP contribution in [0.25, 0.3) is 0 Å². The second kappa shape index (κ2) is 11.9. The van der Waals surface area contributed by atoms with Gasteiger partial charge in [-0.15, -0.1) is 0 Å². The van der Waals surface area contributed by atoms with Crippen LogP contribution in [0, 0.1) is 5.92 Å². The maximum atomic E-state index is 13.1. The maximum Gasteiger partial charge on any atom is 0.261 e. The SMILES string of the molecule is CC[C@@H](C(=O)NCC(C)C)N(Cc1ccccc1)C(=O)COc1ccc(OC)cc1. The molecule has 6 heteroatoms. The van der Waals surface area contributed by atoms with Crippen LogP contribution in [0.3, 0.4) is 0 Å². The molecule has 0 fully saturated rings. The highest BCUT2D eigenvalue weighted by Gasteiger charge is 2.28. The molecule has 0 saturated carbocycles. The van der Waals surface area contributed by atoms with Crippen molar-refractivity contribution in [1.82, 2.24) is 10.2 Å². The number of nitrogens with zero attached hydrogens (tertiary/aromatic N) is 1. The molecule has 0 aliphatic carbocycles. The lowest BCUT2D eigenvalue weighted by Gasteiger charge is -2.30. The fourth-order valence-corrected chi connectivity index (χ4v) is 3.02. The molecule has 2 aromatic carbocycles. The quantitative estimate of drug-likeness (QED) is 0.612. The molecule has 1 atom stereocenters. The lowest BCUT2D eigenvalue weighted by atomic mass is 10.1. The van der Waals surface area contributed by atoms with Gasteiger partial charge in [0.15, 0.2) is 6.61 Å². The molecule has 0 aliphatic rings. The van der Waals surface area contributed by atoms with Crippen molar-refractivity contribution in [3.63, 3.8) is 0 Å². The van der Waals surface area contributed by atoms with Gasteiger partial charge in [0.1, 0.15) is 17.5 Å². The van der Waals surface area contributed by atoms with Crippen LogP contribution in [-0.4, -0.2) is 43.0 Å². The lowest BCUT2D eigenvalue weighted by Crippen LogP contribution is -2.50. The maximum absolute atomic E-state index is 13.1. The first kappa shape index (κ1) is 23.3. The Morgan fingerprint density at radius 3 is 2.20 bits per heavy atom. The third-order valence-corrected chi connectivity index (χ3v) is 4.69. The first-order valence-electron chi connectivity index (χ1n) is 10.3. The highest BCUT2D eigenvalue weighted by molar-refractivity contribution is 5.88. The summed E-state index contributed by atoms with van der Waals surface area (Å²) in [4.78, 5) is 27.5. The molecule has 0 saturated heterocycles. The normalized spacial score (nSPS) is 11.6. The number of carbonyl (C=O) groups is 2. The number of methoxy groups -OCH3 is 1. The van der Waals surface area contributed by atoms with Gasteiger partial charge in [0.05, 0.1) is 7.11 Å². The van der Waals surface area contributed by atoms with E-state index in [1.165, 1.54) is 0 Å². The zero-order chi connectivity index (χ0) is 21.9. The van der Waals surface area contributed by atoms with Gasteiger partial charge < -0.3 is 19.7 Å². The zero-order valence-electron chi connectivity index (χ0n) is 18.3. The highest BCUT2D eigenvalue weighted by atomic mass is 16.5. The molecule has 0 heterocycles. The van der Waals surface area contributed by atoms with Gasteiger partial charge in [-0.2, -0.15) is 0 Å². The summed E-state index contributed by atoms with van der Waals surface area (Å²) in [5.74, 6) is 1.25. The predicted octanol–water partition coefficient (Wildman–Crippen LogP) is 3.65. The van der Waals surface area contributed by atoms with E-state index in [2.05, 4.69) is 5.32 Å².